The van der Waals surface area contributed by atoms with Gasteiger partial charge in [-0.05, 0) is 25.7 Å². The average molecular weight is 184 g/mol. The van der Waals surface area contributed by atoms with Gasteiger partial charge in [0.05, 0.1) is 6.10 Å². The Kier molecular flexibility index (Phi) is 4.43. The molecule has 13 heavy (non-hydrogen) atoms. The zero-order valence-electron chi connectivity index (χ0n) is 8.71. The normalized spacial score (nSPS) is 28.8. The third kappa shape index (κ3) is 3.11. The van der Waals surface area contributed by atoms with Crippen molar-refractivity contribution in [3.63, 3.8) is 0 Å². The summed E-state index contributed by atoms with van der Waals surface area (Å²) in [5, 5.41) is 0. The fourth-order valence-corrected chi connectivity index (χ4v) is 1.91. The van der Waals surface area contributed by atoms with Crippen molar-refractivity contribution in [1.82, 2.24) is 0 Å². The molecular weight excluding hydrogens is 164 g/mol. The standard InChI is InChI=1S/C11H20O2/c1-3-5-11(12)9-6-7-13-10(4-2)8-9/h9-10H,3-8H2,1-2H3. The quantitative estimate of drug-likeness (QED) is 0.671. The minimum Gasteiger partial charge on any atom is -0.378 e. The van der Waals surface area contributed by atoms with Gasteiger partial charge >= 0.3 is 0 Å². The van der Waals surface area contributed by atoms with Gasteiger partial charge in [-0.15, -0.1) is 0 Å². The van der Waals surface area contributed by atoms with Crippen LogP contribution in [0.1, 0.15) is 46.0 Å². The van der Waals surface area contributed by atoms with Crippen LogP contribution in [-0.2, 0) is 9.53 Å². The molecule has 1 saturated heterocycles. The van der Waals surface area contributed by atoms with Crippen molar-refractivity contribution in [3.8, 4) is 0 Å². The van der Waals surface area contributed by atoms with Crippen LogP contribution in [0.5, 0.6) is 0 Å². The Bertz CT molecular complexity index is 165. The lowest BCUT2D eigenvalue weighted by Crippen LogP contribution is -2.29. The van der Waals surface area contributed by atoms with Gasteiger partial charge in [0.2, 0.25) is 0 Å². The lowest BCUT2D eigenvalue weighted by Gasteiger charge is -2.27. The van der Waals surface area contributed by atoms with E-state index in [1.54, 1.807) is 0 Å². The molecule has 0 bridgehead atoms. The van der Waals surface area contributed by atoms with Gasteiger partial charge in [0.15, 0.2) is 0 Å². The van der Waals surface area contributed by atoms with Crippen LogP contribution in [0.2, 0.25) is 0 Å². The molecule has 0 saturated carbocycles. The van der Waals surface area contributed by atoms with Crippen LogP contribution < -0.4 is 0 Å². The lowest BCUT2D eigenvalue weighted by atomic mass is 9.89. The molecule has 76 valence electrons. The molecular formula is C11H20O2. The number of carbonyl (C=O) groups excluding carboxylic acids is 1. The number of ether oxygens (including phenoxy) is 1. The zero-order valence-corrected chi connectivity index (χ0v) is 8.71. The van der Waals surface area contributed by atoms with Crippen molar-refractivity contribution in [3.05, 3.63) is 0 Å². The molecule has 1 aliphatic heterocycles. The molecule has 0 aliphatic carbocycles. The maximum Gasteiger partial charge on any atom is 0.136 e. The highest BCUT2D eigenvalue weighted by Gasteiger charge is 2.25. The predicted molar refractivity (Wildman–Crippen MR) is 52.7 cm³/mol. The molecule has 1 rings (SSSR count). The van der Waals surface area contributed by atoms with E-state index in [1.165, 1.54) is 0 Å². The first-order valence-electron chi connectivity index (χ1n) is 5.42. The van der Waals surface area contributed by atoms with Gasteiger partial charge < -0.3 is 4.74 Å². The van der Waals surface area contributed by atoms with Crippen molar-refractivity contribution < 1.29 is 9.53 Å². The molecule has 2 heteroatoms. The van der Waals surface area contributed by atoms with E-state index in [2.05, 4.69) is 13.8 Å². The van der Waals surface area contributed by atoms with Crippen LogP contribution in [0.15, 0.2) is 0 Å². The molecule has 0 amide bonds. The Labute approximate surface area is 80.7 Å². The zero-order chi connectivity index (χ0) is 9.68. The SMILES string of the molecule is CCCC(=O)C1CCOC(CC)C1. The van der Waals surface area contributed by atoms with Crippen LogP contribution in [0.4, 0.5) is 0 Å². The van der Waals surface area contributed by atoms with Gasteiger partial charge in [0.1, 0.15) is 5.78 Å². The number of Topliss-reactive ketones (excluding diaryl/α,β-unsaturated/α-hetero) is 1. The van der Waals surface area contributed by atoms with Crippen LogP contribution in [0.25, 0.3) is 0 Å². The first kappa shape index (κ1) is 10.7. The third-order valence-corrected chi connectivity index (χ3v) is 2.77. The summed E-state index contributed by atoms with van der Waals surface area (Å²) >= 11 is 0. The van der Waals surface area contributed by atoms with Gasteiger partial charge in [-0.3, -0.25) is 4.79 Å². The summed E-state index contributed by atoms with van der Waals surface area (Å²) in [6.07, 6.45) is 4.99. The van der Waals surface area contributed by atoms with E-state index in [0.717, 1.165) is 38.7 Å². The summed E-state index contributed by atoms with van der Waals surface area (Å²) < 4.78 is 5.53. The van der Waals surface area contributed by atoms with Crippen molar-refractivity contribution in [1.29, 1.82) is 0 Å². The highest BCUT2D eigenvalue weighted by Crippen LogP contribution is 2.24. The monoisotopic (exact) mass is 184 g/mol. The first-order chi connectivity index (χ1) is 6.27. The Morgan fingerprint density at radius 3 is 2.85 bits per heavy atom. The lowest BCUT2D eigenvalue weighted by molar-refractivity contribution is -0.128. The Balaban J connectivity index is 2.37. The minimum atomic E-state index is 0.290. The summed E-state index contributed by atoms with van der Waals surface area (Å²) in [5.74, 6) is 0.739. The third-order valence-electron chi connectivity index (χ3n) is 2.77. The van der Waals surface area contributed by atoms with Crippen molar-refractivity contribution >= 4 is 5.78 Å². The molecule has 0 aromatic heterocycles. The fraction of sp³-hybridized carbons (Fsp3) is 0.909. The molecule has 1 heterocycles. The van der Waals surface area contributed by atoms with Crippen molar-refractivity contribution in [2.45, 2.75) is 52.1 Å². The van der Waals surface area contributed by atoms with Gasteiger partial charge in [-0.2, -0.15) is 0 Å². The second kappa shape index (κ2) is 5.38. The largest absolute Gasteiger partial charge is 0.378 e. The second-order valence-electron chi connectivity index (χ2n) is 3.84. The molecule has 0 N–H and O–H groups in total. The maximum atomic E-state index is 11.6. The van der Waals surface area contributed by atoms with Crippen LogP contribution in [0.3, 0.4) is 0 Å². The molecule has 1 fully saturated rings. The number of hydrogen-bond acceptors (Lipinski definition) is 2. The summed E-state index contributed by atoms with van der Waals surface area (Å²) in [4.78, 5) is 11.6. The molecule has 0 spiro atoms. The molecule has 2 unspecified atom stereocenters. The molecule has 0 aromatic carbocycles. The maximum absolute atomic E-state index is 11.6. The van der Waals surface area contributed by atoms with E-state index in [9.17, 15) is 4.79 Å². The van der Waals surface area contributed by atoms with Crippen LogP contribution in [0, 0.1) is 5.92 Å². The Morgan fingerprint density at radius 1 is 1.46 bits per heavy atom. The number of carbonyl (C=O) groups is 1. The van der Waals surface area contributed by atoms with Crippen molar-refractivity contribution in [2.24, 2.45) is 5.92 Å². The van der Waals surface area contributed by atoms with E-state index in [1.807, 2.05) is 0 Å². The van der Waals surface area contributed by atoms with Gasteiger partial charge in [0, 0.05) is 18.9 Å². The van der Waals surface area contributed by atoms with Crippen molar-refractivity contribution in [2.75, 3.05) is 6.61 Å². The van der Waals surface area contributed by atoms with Crippen LogP contribution in [-0.4, -0.2) is 18.5 Å². The molecule has 1 aliphatic rings. The Hall–Kier alpha value is -0.370. The smallest absolute Gasteiger partial charge is 0.136 e. The van der Waals surface area contributed by atoms with E-state index in [4.69, 9.17) is 4.74 Å². The number of ketones is 1. The van der Waals surface area contributed by atoms with Crippen LogP contribution >= 0.6 is 0 Å². The van der Waals surface area contributed by atoms with E-state index >= 15 is 0 Å². The summed E-state index contributed by atoms with van der Waals surface area (Å²) in [7, 11) is 0. The second-order valence-corrected chi connectivity index (χ2v) is 3.84. The molecule has 2 atom stereocenters. The average Bonchev–Trinajstić information content (AvgIpc) is 2.18. The van der Waals surface area contributed by atoms with Gasteiger partial charge in [-0.1, -0.05) is 13.8 Å². The Morgan fingerprint density at radius 2 is 2.23 bits per heavy atom. The highest BCUT2D eigenvalue weighted by molar-refractivity contribution is 5.81. The fourth-order valence-electron chi connectivity index (χ4n) is 1.91. The number of hydrogen-bond donors (Lipinski definition) is 0. The minimum absolute atomic E-state index is 0.290. The van der Waals surface area contributed by atoms with Gasteiger partial charge in [-0.25, -0.2) is 0 Å². The predicted octanol–water partition coefficient (Wildman–Crippen LogP) is 2.56. The first-order valence-corrected chi connectivity index (χ1v) is 5.42. The molecule has 0 aromatic rings. The van der Waals surface area contributed by atoms with E-state index in [-0.39, 0.29) is 0 Å². The summed E-state index contributed by atoms with van der Waals surface area (Å²) in [6, 6.07) is 0. The topological polar surface area (TPSA) is 26.3 Å². The van der Waals surface area contributed by atoms with E-state index in [0.29, 0.717) is 17.8 Å². The number of rotatable bonds is 4. The molecule has 0 radical (unpaired) electrons. The van der Waals surface area contributed by atoms with E-state index < -0.39 is 0 Å². The summed E-state index contributed by atoms with van der Waals surface area (Å²) in [5.41, 5.74) is 0. The van der Waals surface area contributed by atoms with Gasteiger partial charge in [0.25, 0.3) is 0 Å². The molecule has 2 nitrogen and oxygen atoms in total. The highest BCUT2D eigenvalue weighted by atomic mass is 16.5. The summed E-state index contributed by atoms with van der Waals surface area (Å²) in [6.45, 7) is 4.96.